The first-order valence-corrected chi connectivity index (χ1v) is 7.88. The molecule has 1 aromatic rings. The molecular weight excluding hydrogens is 248 g/mol. The van der Waals surface area contributed by atoms with Crippen molar-refractivity contribution in [2.24, 2.45) is 5.73 Å². The molecule has 0 radical (unpaired) electrons. The standard InChI is InChI=1S/C17H24N2O/c1-2-3-10-19-11-9-13-15(19)8-7-12-5-4-6-14(16(12)13)17(18)20/h4-6,13,15H,2-3,7-11H2,1H3,(H2,18,20)/t13-,15-/m1/s1. The molecule has 0 saturated carbocycles. The lowest BCUT2D eigenvalue weighted by Gasteiger charge is -2.34. The Morgan fingerprint density at radius 3 is 3.00 bits per heavy atom. The van der Waals surface area contributed by atoms with Crippen molar-refractivity contribution in [1.82, 2.24) is 4.90 Å². The Bertz CT molecular complexity index is 512. The highest BCUT2D eigenvalue weighted by molar-refractivity contribution is 5.95. The second kappa shape index (κ2) is 5.57. The van der Waals surface area contributed by atoms with Gasteiger partial charge in [0.15, 0.2) is 0 Å². The monoisotopic (exact) mass is 272 g/mol. The Labute approximate surface area is 121 Å². The van der Waals surface area contributed by atoms with Crippen LogP contribution in [0.2, 0.25) is 0 Å². The molecule has 1 amide bonds. The van der Waals surface area contributed by atoms with Crippen LogP contribution in [0.3, 0.4) is 0 Å². The van der Waals surface area contributed by atoms with Crippen LogP contribution in [0.15, 0.2) is 18.2 Å². The van der Waals surface area contributed by atoms with Crippen LogP contribution in [-0.2, 0) is 6.42 Å². The third-order valence-electron chi connectivity index (χ3n) is 5.00. The van der Waals surface area contributed by atoms with Gasteiger partial charge in [0.2, 0.25) is 5.91 Å². The number of hydrogen-bond donors (Lipinski definition) is 1. The Morgan fingerprint density at radius 1 is 1.40 bits per heavy atom. The number of amides is 1. The van der Waals surface area contributed by atoms with Gasteiger partial charge in [0, 0.05) is 17.5 Å². The van der Waals surface area contributed by atoms with E-state index >= 15 is 0 Å². The molecule has 108 valence electrons. The first-order chi connectivity index (χ1) is 9.72. The number of unbranched alkanes of at least 4 members (excludes halogenated alkanes) is 1. The second-order valence-electron chi connectivity index (χ2n) is 6.13. The van der Waals surface area contributed by atoms with Crippen LogP contribution in [0.4, 0.5) is 0 Å². The number of hydrogen-bond acceptors (Lipinski definition) is 2. The maximum absolute atomic E-state index is 11.7. The molecule has 1 aliphatic heterocycles. The van der Waals surface area contributed by atoms with Crippen molar-refractivity contribution in [3.63, 3.8) is 0 Å². The minimum absolute atomic E-state index is 0.269. The third kappa shape index (κ3) is 2.24. The maximum Gasteiger partial charge on any atom is 0.248 e. The number of benzene rings is 1. The number of nitrogens with two attached hydrogens (primary N) is 1. The number of carbonyl (C=O) groups is 1. The van der Waals surface area contributed by atoms with Crippen molar-refractivity contribution in [2.45, 2.75) is 51.0 Å². The minimum Gasteiger partial charge on any atom is -0.366 e. The van der Waals surface area contributed by atoms with Crippen LogP contribution in [0.1, 0.15) is 60.0 Å². The van der Waals surface area contributed by atoms with Crippen LogP contribution in [0, 0.1) is 0 Å². The number of nitrogens with zero attached hydrogens (tertiary/aromatic N) is 1. The molecule has 1 aliphatic carbocycles. The molecule has 1 saturated heterocycles. The number of likely N-dealkylation sites (tertiary alicyclic amines) is 1. The Kier molecular flexibility index (Phi) is 3.79. The fourth-order valence-corrected chi connectivity index (χ4v) is 4.06. The van der Waals surface area contributed by atoms with Gasteiger partial charge >= 0.3 is 0 Å². The van der Waals surface area contributed by atoms with Crippen molar-refractivity contribution < 1.29 is 4.79 Å². The zero-order valence-electron chi connectivity index (χ0n) is 12.3. The summed E-state index contributed by atoms with van der Waals surface area (Å²) in [6.07, 6.45) is 6.00. The highest BCUT2D eigenvalue weighted by atomic mass is 16.1. The number of fused-ring (bicyclic) bond motifs is 3. The average molecular weight is 272 g/mol. The molecule has 2 atom stereocenters. The van der Waals surface area contributed by atoms with E-state index in [-0.39, 0.29) is 5.91 Å². The van der Waals surface area contributed by atoms with Gasteiger partial charge in [-0.15, -0.1) is 0 Å². The lowest BCUT2D eigenvalue weighted by atomic mass is 9.77. The molecule has 0 unspecified atom stereocenters. The molecule has 3 nitrogen and oxygen atoms in total. The molecule has 3 rings (SSSR count). The summed E-state index contributed by atoms with van der Waals surface area (Å²) >= 11 is 0. The van der Waals surface area contributed by atoms with Crippen molar-refractivity contribution >= 4 is 5.91 Å². The molecule has 0 aromatic heterocycles. The lowest BCUT2D eigenvalue weighted by Crippen LogP contribution is -2.36. The molecule has 2 aliphatic rings. The first-order valence-electron chi connectivity index (χ1n) is 7.88. The van der Waals surface area contributed by atoms with Gasteiger partial charge in [-0.1, -0.05) is 25.5 Å². The van der Waals surface area contributed by atoms with Gasteiger partial charge in [-0.05, 0) is 56.0 Å². The van der Waals surface area contributed by atoms with Gasteiger partial charge in [-0.3, -0.25) is 9.69 Å². The zero-order chi connectivity index (χ0) is 14.1. The number of rotatable bonds is 4. The fourth-order valence-electron chi connectivity index (χ4n) is 4.06. The fraction of sp³-hybridized carbons (Fsp3) is 0.588. The van der Waals surface area contributed by atoms with Gasteiger partial charge < -0.3 is 5.73 Å². The predicted octanol–water partition coefficient (Wildman–Crippen LogP) is 2.69. The topological polar surface area (TPSA) is 46.3 Å². The average Bonchev–Trinajstić information content (AvgIpc) is 2.87. The van der Waals surface area contributed by atoms with Crippen LogP contribution >= 0.6 is 0 Å². The highest BCUT2D eigenvalue weighted by Gasteiger charge is 2.39. The quantitative estimate of drug-likeness (QED) is 0.916. The molecule has 0 bridgehead atoms. The molecule has 1 aromatic carbocycles. The summed E-state index contributed by atoms with van der Waals surface area (Å²) in [5.74, 6) is 0.244. The molecule has 2 N–H and O–H groups in total. The Hall–Kier alpha value is -1.35. The van der Waals surface area contributed by atoms with Crippen LogP contribution in [-0.4, -0.2) is 29.9 Å². The van der Waals surface area contributed by atoms with Crippen molar-refractivity contribution in [1.29, 1.82) is 0 Å². The molecule has 1 heterocycles. The van der Waals surface area contributed by atoms with Gasteiger partial charge in [-0.25, -0.2) is 0 Å². The summed E-state index contributed by atoms with van der Waals surface area (Å²) in [5.41, 5.74) is 8.95. The SMILES string of the molecule is CCCCN1CC[C@H]2c3c(cccc3C(N)=O)CC[C@H]21. The van der Waals surface area contributed by atoms with E-state index in [1.165, 1.54) is 49.9 Å². The summed E-state index contributed by atoms with van der Waals surface area (Å²) in [6.45, 7) is 4.61. The third-order valence-corrected chi connectivity index (χ3v) is 5.00. The molecular formula is C17H24N2O. The number of aryl methyl sites for hydroxylation is 1. The van der Waals surface area contributed by atoms with Gasteiger partial charge in [0.25, 0.3) is 0 Å². The summed E-state index contributed by atoms with van der Waals surface area (Å²) in [6, 6.07) is 6.67. The maximum atomic E-state index is 11.7. The van der Waals surface area contributed by atoms with Gasteiger partial charge in [0.1, 0.15) is 0 Å². The summed E-state index contributed by atoms with van der Waals surface area (Å²) in [4.78, 5) is 14.4. The van der Waals surface area contributed by atoms with E-state index in [1.807, 2.05) is 12.1 Å². The largest absolute Gasteiger partial charge is 0.366 e. The van der Waals surface area contributed by atoms with E-state index in [9.17, 15) is 4.79 Å². The summed E-state index contributed by atoms with van der Waals surface area (Å²) in [7, 11) is 0. The molecule has 20 heavy (non-hydrogen) atoms. The van der Waals surface area contributed by atoms with E-state index in [0.717, 1.165) is 12.0 Å². The number of carbonyl (C=O) groups excluding carboxylic acids is 1. The summed E-state index contributed by atoms with van der Waals surface area (Å²) < 4.78 is 0. The smallest absolute Gasteiger partial charge is 0.248 e. The van der Waals surface area contributed by atoms with E-state index in [4.69, 9.17) is 5.73 Å². The zero-order valence-corrected chi connectivity index (χ0v) is 12.3. The van der Waals surface area contributed by atoms with Gasteiger partial charge in [-0.2, -0.15) is 0 Å². The first kappa shape index (κ1) is 13.6. The molecule has 3 heteroatoms. The normalized spacial score (nSPS) is 25.2. The van der Waals surface area contributed by atoms with Gasteiger partial charge in [0.05, 0.1) is 0 Å². The van der Waals surface area contributed by atoms with Crippen molar-refractivity contribution in [3.8, 4) is 0 Å². The van der Waals surface area contributed by atoms with Crippen molar-refractivity contribution in [3.05, 3.63) is 34.9 Å². The lowest BCUT2D eigenvalue weighted by molar-refractivity contribution is 0.0998. The minimum atomic E-state index is -0.269. The van der Waals surface area contributed by atoms with Crippen LogP contribution in [0.25, 0.3) is 0 Å². The van der Waals surface area contributed by atoms with Crippen LogP contribution in [0.5, 0.6) is 0 Å². The van der Waals surface area contributed by atoms with E-state index < -0.39 is 0 Å². The summed E-state index contributed by atoms with van der Waals surface area (Å²) in [5, 5.41) is 0. The van der Waals surface area contributed by atoms with Crippen molar-refractivity contribution in [2.75, 3.05) is 13.1 Å². The predicted molar refractivity (Wildman–Crippen MR) is 80.9 cm³/mol. The molecule has 0 spiro atoms. The number of primary amides is 1. The van der Waals surface area contributed by atoms with E-state index in [1.54, 1.807) is 0 Å². The van der Waals surface area contributed by atoms with E-state index in [0.29, 0.717) is 12.0 Å². The van der Waals surface area contributed by atoms with Crippen LogP contribution < -0.4 is 5.73 Å². The highest BCUT2D eigenvalue weighted by Crippen LogP contribution is 2.43. The second-order valence-corrected chi connectivity index (χ2v) is 6.13. The van der Waals surface area contributed by atoms with E-state index in [2.05, 4.69) is 17.9 Å². The Morgan fingerprint density at radius 2 is 2.25 bits per heavy atom. The molecule has 1 fully saturated rings. The Balaban J connectivity index is 1.91.